The van der Waals surface area contributed by atoms with E-state index in [4.69, 9.17) is 15.0 Å². The van der Waals surface area contributed by atoms with Crippen LogP contribution in [0.15, 0.2) is 11.0 Å². The molecule has 2 heterocycles. The number of rotatable bonds is 3. The van der Waals surface area contributed by atoms with Gasteiger partial charge in [0.25, 0.3) is 5.56 Å². The summed E-state index contributed by atoms with van der Waals surface area (Å²) in [5.41, 5.74) is 5.95. The Bertz CT molecular complexity index is 467. The fraction of sp³-hybridized carbons (Fsp3) is 0.556. The first kappa shape index (κ1) is 12.8. The van der Waals surface area contributed by atoms with Gasteiger partial charge in [0.05, 0.1) is 20.7 Å². The van der Waals surface area contributed by atoms with Crippen LogP contribution < -0.4 is 11.3 Å². The molecule has 2 N–H and O–H groups in total. The van der Waals surface area contributed by atoms with E-state index in [1.807, 2.05) is 0 Å². The molecule has 1 aliphatic heterocycles. The predicted molar refractivity (Wildman–Crippen MR) is 69.4 cm³/mol. The van der Waals surface area contributed by atoms with Crippen molar-refractivity contribution in [2.24, 2.45) is 0 Å². The molecule has 0 radical (unpaired) electrons. The molecule has 17 heavy (non-hydrogen) atoms. The molecule has 94 valence electrons. The van der Waals surface area contributed by atoms with Gasteiger partial charge < -0.3 is 15.0 Å². The van der Waals surface area contributed by atoms with Crippen LogP contribution >= 0.6 is 20.3 Å². The number of anilines is 1. The zero-order valence-electron chi connectivity index (χ0n) is 9.29. The molecule has 1 aliphatic rings. The summed E-state index contributed by atoms with van der Waals surface area (Å²) in [4.78, 5) is 15.0. The number of ether oxygens (including phenoxy) is 1. The van der Waals surface area contributed by atoms with E-state index in [0.717, 1.165) is 0 Å². The number of aromatic nitrogens is 2. The van der Waals surface area contributed by atoms with Crippen LogP contribution in [0.1, 0.15) is 18.2 Å². The first-order valence-electron chi connectivity index (χ1n) is 5.13. The van der Waals surface area contributed by atoms with Crippen LogP contribution in [0.4, 0.5) is 5.95 Å². The number of hydrogen-bond donors (Lipinski definition) is 2. The van der Waals surface area contributed by atoms with E-state index in [1.54, 1.807) is 17.7 Å². The van der Waals surface area contributed by atoms with Gasteiger partial charge >= 0.3 is 0 Å². The van der Waals surface area contributed by atoms with Crippen molar-refractivity contribution in [1.82, 2.24) is 9.55 Å². The zero-order chi connectivity index (χ0) is 12.4. The Morgan fingerprint density at radius 2 is 2.53 bits per heavy atom. The Balaban J connectivity index is 2.19. The predicted octanol–water partition coefficient (Wildman–Crippen LogP) is 0.876. The summed E-state index contributed by atoms with van der Waals surface area (Å²) in [5.74, 6) is 0.166. The number of aryl methyl sites for hydroxylation is 1. The summed E-state index contributed by atoms with van der Waals surface area (Å²) in [6, 6.07) is 0. The highest BCUT2D eigenvalue weighted by molar-refractivity contribution is 8.36. The van der Waals surface area contributed by atoms with Gasteiger partial charge in [0.15, 0.2) is 0 Å². The molecule has 1 saturated heterocycles. The van der Waals surface area contributed by atoms with E-state index in [-0.39, 0.29) is 31.8 Å². The van der Waals surface area contributed by atoms with Crippen molar-refractivity contribution in [1.29, 1.82) is 0 Å². The molecule has 0 aliphatic carbocycles. The van der Waals surface area contributed by atoms with Gasteiger partial charge in [0.2, 0.25) is 5.95 Å². The van der Waals surface area contributed by atoms with Gasteiger partial charge in [-0.25, -0.2) is 0 Å². The Hall–Kier alpha value is -0.620. The summed E-state index contributed by atoms with van der Waals surface area (Å²) in [7, 11) is 0.140. The Morgan fingerprint density at radius 1 is 1.76 bits per heavy atom. The Kier molecular flexibility index (Phi) is 4.04. The van der Waals surface area contributed by atoms with Crippen molar-refractivity contribution in [2.45, 2.75) is 25.7 Å². The molecule has 0 saturated carbocycles. The molecule has 1 aromatic rings. The molecule has 8 heteroatoms. The van der Waals surface area contributed by atoms with Gasteiger partial charge in [0, 0.05) is 18.2 Å². The SMILES string of the molecule is Cc1cn(C2C[C@H](OPS)CO2)c(N)nc1=O. The lowest BCUT2D eigenvalue weighted by molar-refractivity contribution is 0.0515. The maximum Gasteiger partial charge on any atom is 0.277 e. The van der Waals surface area contributed by atoms with E-state index in [0.29, 0.717) is 18.6 Å². The fourth-order valence-electron chi connectivity index (χ4n) is 1.74. The molecule has 6 nitrogen and oxygen atoms in total. The Labute approximate surface area is 106 Å². The second-order valence-electron chi connectivity index (χ2n) is 3.85. The molecule has 0 spiro atoms. The van der Waals surface area contributed by atoms with Gasteiger partial charge in [0.1, 0.15) is 6.23 Å². The molecule has 0 aromatic carbocycles. The molecule has 2 unspecified atom stereocenters. The van der Waals surface area contributed by atoms with E-state index < -0.39 is 0 Å². The smallest absolute Gasteiger partial charge is 0.277 e. The van der Waals surface area contributed by atoms with Crippen LogP contribution in [0.3, 0.4) is 0 Å². The molecule has 1 aromatic heterocycles. The van der Waals surface area contributed by atoms with Crippen LogP contribution in [-0.2, 0) is 9.26 Å². The number of nitrogen functional groups attached to an aromatic ring is 1. The third-order valence-electron chi connectivity index (χ3n) is 2.62. The number of hydrogen-bond acceptors (Lipinski definition) is 6. The maximum atomic E-state index is 11.3. The lowest BCUT2D eigenvalue weighted by atomic mass is 10.3. The average molecular weight is 275 g/mol. The van der Waals surface area contributed by atoms with Crippen molar-refractivity contribution in [2.75, 3.05) is 12.3 Å². The molecule has 2 rings (SSSR count). The fourth-order valence-corrected chi connectivity index (χ4v) is 2.50. The average Bonchev–Trinajstić information content (AvgIpc) is 2.72. The van der Waals surface area contributed by atoms with Crippen LogP contribution in [0.25, 0.3) is 0 Å². The minimum Gasteiger partial charge on any atom is -0.369 e. The number of nitrogens with two attached hydrogens (primary N) is 1. The minimum absolute atomic E-state index is 0.0231. The van der Waals surface area contributed by atoms with Gasteiger partial charge in [-0.15, -0.1) is 12.2 Å². The van der Waals surface area contributed by atoms with E-state index in [9.17, 15) is 4.79 Å². The number of thiol groups is 1. The van der Waals surface area contributed by atoms with E-state index >= 15 is 0 Å². The monoisotopic (exact) mass is 275 g/mol. The van der Waals surface area contributed by atoms with Crippen molar-refractivity contribution in [3.63, 3.8) is 0 Å². The van der Waals surface area contributed by atoms with E-state index in [2.05, 4.69) is 17.2 Å². The highest BCUT2D eigenvalue weighted by Crippen LogP contribution is 2.31. The maximum absolute atomic E-state index is 11.3. The molecular formula is C9H14N3O3PS. The third kappa shape index (κ3) is 2.80. The topological polar surface area (TPSA) is 79.4 Å². The second-order valence-corrected chi connectivity index (χ2v) is 4.82. The highest BCUT2D eigenvalue weighted by Gasteiger charge is 2.28. The highest BCUT2D eigenvalue weighted by atomic mass is 32.7. The zero-order valence-corrected chi connectivity index (χ0v) is 11.2. The molecule has 0 amide bonds. The summed E-state index contributed by atoms with van der Waals surface area (Å²) in [6.45, 7) is 2.20. The Morgan fingerprint density at radius 3 is 3.24 bits per heavy atom. The molecule has 0 bridgehead atoms. The normalized spacial score (nSPS) is 24.8. The van der Waals surface area contributed by atoms with Crippen molar-refractivity contribution < 1.29 is 9.26 Å². The first-order chi connectivity index (χ1) is 8.11. The quantitative estimate of drug-likeness (QED) is 0.632. The summed E-state index contributed by atoms with van der Waals surface area (Å²) >= 11 is 4.03. The third-order valence-corrected chi connectivity index (χ3v) is 3.37. The number of nitrogens with zero attached hydrogens (tertiary/aromatic N) is 2. The molecular weight excluding hydrogens is 261 g/mol. The van der Waals surface area contributed by atoms with Gasteiger partial charge in [-0.3, -0.25) is 9.36 Å². The van der Waals surface area contributed by atoms with E-state index in [1.165, 1.54) is 0 Å². The van der Waals surface area contributed by atoms with Crippen LogP contribution in [0.5, 0.6) is 0 Å². The summed E-state index contributed by atoms with van der Waals surface area (Å²) < 4.78 is 12.6. The first-order valence-corrected chi connectivity index (χ1v) is 7.33. The largest absolute Gasteiger partial charge is 0.369 e. The van der Waals surface area contributed by atoms with Gasteiger partial charge in [-0.05, 0) is 6.92 Å². The lowest BCUT2D eigenvalue weighted by Gasteiger charge is -2.16. The minimum atomic E-state index is -0.304. The van der Waals surface area contributed by atoms with Crippen LogP contribution in [0, 0.1) is 6.92 Å². The van der Waals surface area contributed by atoms with Crippen LogP contribution in [-0.4, -0.2) is 22.3 Å². The summed E-state index contributed by atoms with van der Waals surface area (Å²) in [5, 5.41) is 0. The van der Waals surface area contributed by atoms with Gasteiger partial charge in [-0.2, -0.15) is 4.98 Å². The molecule has 3 atom stereocenters. The van der Waals surface area contributed by atoms with Crippen LogP contribution in [0.2, 0.25) is 0 Å². The molecule has 1 fully saturated rings. The van der Waals surface area contributed by atoms with Crippen molar-refractivity contribution >= 4 is 26.2 Å². The van der Waals surface area contributed by atoms with Gasteiger partial charge in [-0.1, -0.05) is 0 Å². The summed E-state index contributed by atoms with van der Waals surface area (Å²) in [6.07, 6.45) is 2.15. The van der Waals surface area contributed by atoms with Crippen molar-refractivity contribution in [3.05, 3.63) is 22.1 Å². The second kappa shape index (κ2) is 5.35. The standard InChI is InChI=1S/C9H14N3O3PS/c1-5-3-12(9(10)11-8(5)13)7-2-6(4-14-7)15-16-17/h3,6-7,16-17H,2,4H2,1H3,(H2,10,11,13)/t6-,7?/m0/s1. The lowest BCUT2D eigenvalue weighted by Crippen LogP contribution is -2.21. The van der Waals surface area contributed by atoms with Crippen molar-refractivity contribution in [3.8, 4) is 0 Å².